The molecule has 0 spiro atoms. The van der Waals surface area contributed by atoms with Gasteiger partial charge in [-0.05, 0) is 51.7 Å². The molecule has 0 radical (unpaired) electrons. The van der Waals surface area contributed by atoms with E-state index in [1.165, 1.54) is 0 Å². The van der Waals surface area contributed by atoms with Crippen molar-refractivity contribution in [2.45, 2.75) is 72.5 Å². The van der Waals surface area contributed by atoms with E-state index in [0.717, 1.165) is 19.4 Å². The van der Waals surface area contributed by atoms with Gasteiger partial charge in [0.15, 0.2) is 8.32 Å². The maximum absolute atomic E-state index is 11.5. The molecule has 3 nitrogen and oxygen atoms in total. The Kier molecular flexibility index (Phi) is 6.76. The van der Waals surface area contributed by atoms with Gasteiger partial charge in [-0.1, -0.05) is 20.8 Å². The van der Waals surface area contributed by atoms with Crippen molar-refractivity contribution in [2.24, 2.45) is 5.41 Å². The standard InChI is InChI=1S/C15H32O3Si/c1-14(2,3)13(16)17-11-9-10-12-18-19(7,8)15(4,5)6/h9-12H2,1-8H3. The van der Waals surface area contributed by atoms with Crippen molar-refractivity contribution in [3.8, 4) is 0 Å². The summed E-state index contributed by atoms with van der Waals surface area (Å²) >= 11 is 0. The first-order valence-corrected chi connectivity index (χ1v) is 10.1. The molecule has 4 heteroatoms. The van der Waals surface area contributed by atoms with Crippen LogP contribution in [0.3, 0.4) is 0 Å². The van der Waals surface area contributed by atoms with Crippen LogP contribution >= 0.6 is 0 Å². The molecule has 0 aliphatic heterocycles. The Morgan fingerprint density at radius 1 is 0.947 bits per heavy atom. The zero-order valence-corrected chi connectivity index (χ0v) is 15.1. The maximum atomic E-state index is 11.5. The van der Waals surface area contributed by atoms with E-state index in [4.69, 9.17) is 9.16 Å². The highest BCUT2D eigenvalue weighted by Gasteiger charge is 2.36. The molecular weight excluding hydrogens is 256 g/mol. The molecule has 0 aliphatic rings. The average Bonchev–Trinajstić information content (AvgIpc) is 2.19. The number of hydrogen-bond donors (Lipinski definition) is 0. The Morgan fingerprint density at radius 3 is 1.84 bits per heavy atom. The van der Waals surface area contributed by atoms with E-state index in [9.17, 15) is 4.79 Å². The average molecular weight is 289 g/mol. The lowest BCUT2D eigenvalue weighted by atomic mass is 9.97. The first-order valence-electron chi connectivity index (χ1n) is 7.19. The summed E-state index contributed by atoms with van der Waals surface area (Å²) in [5.74, 6) is -0.127. The molecular formula is C15H32O3Si. The molecule has 0 atom stereocenters. The fraction of sp³-hybridized carbons (Fsp3) is 0.933. The summed E-state index contributed by atoms with van der Waals surface area (Å²) in [7, 11) is -1.62. The second-order valence-corrected chi connectivity index (χ2v) is 12.5. The van der Waals surface area contributed by atoms with E-state index in [2.05, 4.69) is 33.9 Å². The van der Waals surface area contributed by atoms with Gasteiger partial charge in [-0.3, -0.25) is 4.79 Å². The van der Waals surface area contributed by atoms with Crippen LogP contribution in [0.4, 0.5) is 0 Å². The fourth-order valence-corrected chi connectivity index (χ4v) is 2.22. The van der Waals surface area contributed by atoms with E-state index < -0.39 is 13.7 Å². The third kappa shape index (κ3) is 7.11. The van der Waals surface area contributed by atoms with Gasteiger partial charge in [-0.2, -0.15) is 0 Å². The molecule has 0 saturated carbocycles. The predicted molar refractivity (Wildman–Crippen MR) is 82.8 cm³/mol. The summed E-state index contributed by atoms with van der Waals surface area (Å²) in [4.78, 5) is 11.5. The molecule has 0 heterocycles. The molecule has 0 unspecified atom stereocenters. The number of unbranched alkanes of at least 4 members (excludes halogenated alkanes) is 1. The fourth-order valence-electron chi connectivity index (χ4n) is 1.13. The molecule has 0 N–H and O–H groups in total. The lowest BCUT2D eigenvalue weighted by molar-refractivity contribution is -0.153. The third-order valence-electron chi connectivity index (χ3n) is 3.65. The largest absolute Gasteiger partial charge is 0.465 e. The topological polar surface area (TPSA) is 35.5 Å². The van der Waals surface area contributed by atoms with Crippen LogP contribution in [0.1, 0.15) is 54.4 Å². The number of esters is 1. The van der Waals surface area contributed by atoms with Crippen LogP contribution in [0, 0.1) is 5.41 Å². The highest BCUT2D eigenvalue weighted by atomic mass is 28.4. The number of hydrogen-bond acceptors (Lipinski definition) is 3. The van der Waals surface area contributed by atoms with E-state index in [-0.39, 0.29) is 11.0 Å². The molecule has 0 rings (SSSR count). The summed E-state index contributed by atoms with van der Waals surface area (Å²) in [5, 5.41) is 0.256. The molecule has 0 amide bonds. The predicted octanol–water partition coefficient (Wildman–Crippen LogP) is 4.38. The molecule has 19 heavy (non-hydrogen) atoms. The van der Waals surface area contributed by atoms with Gasteiger partial charge in [0, 0.05) is 6.61 Å². The first kappa shape index (κ1) is 18.6. The van der Waals surface area contributed by atoms with Crippen molar-refractivity contribution < 1.29 is 14.0 Å². The molecule has 0 saturated heterocycles. The van der Waals surface area contributed by atoms with E-state index >= 15 is 0 Å². The smallest absolute Gasteiger partial charge is 0.311 e. The minimum Gasteiger partial charge on any atom is -0.465 e. The highest BCUT2D eigenvalue weighted by molar-refractivity contribution is 6.74. The van der Waals surface area contributed by atoms with Gasteiger partial charge in [0.1, 0.15) is 0 Å². The molecule has 114 valence electrons. The zero-order chi connectivity index (χ0) is 15.3. The first-order chi connectivity index (χ1) is 8.38. The third-order valence-corrected chi connectivity index (χ3v) is 8.19. The molecule has 0 aliphatic carbocycles. The van der Waals surface area contributed by atoms with Crippen molar-refractivity contribution in [2.75, 3.05) is 13.2 Å². The Labute approximate surface area is 120 Å². The summed E-state index contributed by atoms with van der Waals surface area (Å²) in [6.45, 7) is 18.1. The van der Waals surface area contributed by atoms with Crippen LogP contribution < -0.4 is 0 Å². The van der Waals surface area contributed by atoms with Gasteiger partial charge >= 0.3 is 5.97 Å². The molecule has 0 aromatic carbocycles. The molecule has 0 fully saturated rings. The lowest BCUT2D eigenvalue weighted by Gasteiger charge is -2.36. The van der Waals surface area contributed by atoms with Crippen molar-refractivity contribution in [1.29, 1.82) is 0 Å². The van der Waals surface area contributed by atoms with E-state index in [0.29, 0.717) is 6.61 Å². The maximum Gasteiger partial charge on any atom is 0.311 e. The van der Waals surface area contributed by atoms with Crippen molar-refractivity contribution in [1.82, 2.24) is 0 Å². The van der Waals surface area contributed by atoms with Crippen LogP contribution in [0.5, 0.6) is 0 Å². The second kappa shape index (κ2) is 6.89. The van der Waals surface area contributed by atoms with Crippen LogP contribution in [0.25, 0.3) is 0 Å². The second-order valence-electron chi connectivity index (χ2n) is 7.70. The molecule has 0 aromatic rings. The summed E-state index contributed by atoms with van der Waals surface area (Å²) in [5.41, 5.74) is -0.405. The highest BCUT2D eigenvalue weighted by Crippen LogP contribution is 2.36. The Hall–Kier alpha value is -0.353. The lowest BCUT2D eigenvalue weighted by Crippen LogP contribution is -2.41. The van der Waals surface area contributed by atoms with E-state index in [1.54, 1.807) is 0 Å². The van der Waals surface area contributed by atoms with Crippen LogP contribution in [-0.2, 0) is 14.0 Å². The number of ether oxygens (including phenoxy) is 1. The monoisotopic (exact) mass is 288 g/mol. The minimum absolute atomic E-state index is 0.127. The summed E-state index contributed by atoms with van der Waals surface area (Å²) in [6, 6.07) is 0. The Morgan fingerprint density at radius 2 is 1.42 bits per heavy atom. The van der Waals surface area contributed by atoms with Crippen molar-refractivity contribution in [3.05, 3.63) is 0 Å². The van der Waals surface area contributed by atoms with Gasteiger partial charge in [-0.25, -0.2) is 0 Å². The van der Waals surface area contributed by atoms with Crippen molar-refractivity contribution in [3.63, 3.8) is 0 Å². The summed E-state index contributed by atoms with van der Waals surface area (Å²) in [6.07, 6.45) is 1.82. The van der Waals surface area contributed by atoms with Gasteiger partial charge in [0.25, 0.3) is 0 Å². The van der Waals surface area contributed by atoms with Crippen LogP contribution in [0.2, 0.25) is 18.1 Å². The number of carbonyl (C=O) groups excluding carboxylic acids is 1. The minimum atomic E-state index is -1.62. The van der Waals surface area contributed by atoms with E-state index in [1.807, 2.05) is 20.8 Å². The van der Waals surface area contributed by atoms with Gasteiger partial charge in [0.2, 0.25) is 0 Å². The number of carbonyl (C=O) groups is 1. The quantitative estimate of drug-likeness (QED) is 0.413. The van der Waals surface area contributed by atoms with Gasteiger partial charge in [0.05, 0.1) is 12.0 Å². The zero-order valence-electron chi connectivity index (χ0n) is 14.1. The van der Waals surface area contributed by atoms with Gasteiger partial charge in [-0.15, -0.1) is 0 Å². The van der Waals surface area contributed by atoms with Crippen molar-refractivity contribution >= 4 is 14.3 Å². The number of rotatable bonds is 6. The molecule has 0 aromatic heterocycles. The molecule has 0 bridgehead atoms. The Bertz CT molecular complexity index is 285. The SMILES string of the molecule is CC(C)(C)C(=O)OCCCCO[Si](C)(C)C(C)(C)C. The van der Waals surface area contributed by atoms with Crippen LogP contribution in [-0.4, -0.2) is 27.5 Å². The Balaban J connectivity index is 3.76. The van der Waals surface area contributed by atoms with Gasteiger partial charge < -0.3 is 9.16 Å². The summed E-state index contributed by atoms with van der Waals surface area (Å²) < 4.78 is 11.3. The normalized spacial score (nSPS) is 13.5. The van der Waals surface area contributed by atoms with Crippen LogP contribution in [0.15, 0.2) is 0 Å².